The lowest BCUT2D eigenvalue weighted by molar-refractivity contribution is 0.105. The van der Waals surface area contributed by atoms with Gasteiger partial charge in [-0.05, 0) is 48.0 Å². The fraction of sp³-hybridized carbons (Fsp3) is 0. The maximum atomic E-state index is 13.1. The molecule has 2 aromatic heterocycles. The van der Waals surface area contributed by atoms with Gasteiger partial charge in [-0.3, -0.25) is 9.78 Å². The van der Waals surface area contributed by atoms with Crippen molar-refractivity contribution in [3.63, 3.8) is 0 Å². The Balaban J connectivity index is 1.85. The Kier molecular flexibility index (Phi) is 4.33. The van der Waals surface area contributed by atoms with Crippen molar-refractivity contribution < 1.29 is 9.21 Å². The van der Waals surface area contributed by atoms with Crippen LogP contribution in [0.15, 0.2) is 77.5 Å². The van der Waals surface area contributed by atoms with E-state index in [4.69, 9.17) is 16.0 Å². The van der Waals surface area contributed by atoms with Gasteiger partial charge in [0.15, 0.2) is 11.4 Å². The lowest BCUT2D eigenvalue weighted by Crippen LogP contribution is -2.03. The number of hydrogen-bond donors (Lipinski definition) is 0. The number of pyridine rings is 1. The van der Waals surface area contributed by atoms with Crippen LogP contribution in [0.5, 0.6) is 0 Å². The maximum Gasteiger partial charge on any atom is 0.231 e. The summed E-state index contributed by atoms with van der Waals surface area (Å²) in [4.78, 5) is 21.6. The van der Waals surface area contributed by atoms with E-state index in [1.165, 1.54) is 6.20 Å². The smallest absolute Gasteiger partial charge is 0.231 e. The Labute approximate surface area is 154 Å². The Morgan fingerprint density at radius 2 is 1.81 bits per heavy atom. The number of rotatable bonds is 4. The van der Waals surface area contributed by atoms with Gasteiger partial charge >= 0.3 is 0 Å². The SMILES string of the molecule is O=C(C(=Cc1ccc(Cl)cc1)c1nc2ccccc2o1)c1cccnc1. The molecule has 2 heterocycles. The highest BCUT2D eigenvalue weighted by Gasteiger charge is 2.20. The third-order valence-corrected chi connectivity index (χ3v) is 4.13. The quantitative estimate of drug-likeness (QED) is 0.366. The zero-order valence-corrected chi connectivity index (χ0v) is 14.4. The maximum absolute atomic E-state index is 13.1. The van der Waals surface area contributed by atoms with E-state index in [0.29, 0.717) is 27.3 Å². The third-order valence-electron chi connectivity index (χ3n) is 3.87. The molecule has 0 amide bonds. The van der Waals surface area contributed by atoms with Crippen molar-refractivity contribution in [2.75, 3.05) is 0 Å². The molecule has 0 spiro atoms. The molecule has 26 heavy (non-hydrogen) atoms. The first kappa shape index (κ1) is 16.2. The molecule has 0 atom stereocenters. The highest BCUT2D eigenvalue weighted by molar-refractivity contribution is 6.32. The molecule has 2 aromatic carbocycles. The minimum absolute atomic E-state index is 0.209. The number of para-hydroxylation sites is 2. The topological polar surface area (TPSA) is 56.0 Å². The summed E-state index contributed by atoms with van der Waals surface area (Å²) in [7, 11) is 0. The van der Waals surface area contributed by atoms with Gasteiger partial charge in [-0.25, -0.2) is 4.98 Å². The minimum Gasteiger partial charge on any atom is -0.436 e. The van der Waals surface area contributed by atoms with E-state index in [0.717, 1.165) is 5.56 Å². The summed E-state index contributed by atoms with van der Waals surface area (Å²) in [6, 6.07) is 18.0. The molecule has 0 aliphatic heterocycles. The van der Waals surface area contributed by atoms with Crippen molar-refractivity contribution in [1.29, 1.82) is 0 Å². The lowest BCUT2D eigenvalue weighted by atomic mass is 10.0. The molecule has 4 aromatic rings. The standard InChI is InChI=1S/C21H13ClN2O2/c22-16-9-7-14(8-10-16)12-17(20(25)15-4-3-11-23-13-15)21-24-18-5-1-2-6-19(18)26-21/h1-13H. The molecule has 0 aliphatic carbocycles. The van der Waals surface area contributed by atoms with Gasteiger partial charge in [0.05, 0.1) is 5.57 Å². The van der Waals surface area contributed by atoms with E-state index in [9.17, 15) is 4.79 Å². The molecule has 5 heteroatoms. The number of hydrogen-bond acceptors (Lipinski definition) is 4. The van der Waals surface area contributed by atoms with Crippen LogP contribution in [0, 0.1) is 0 Å². The van der Waals surface area contributed by atoms with Crippen molar-refractivity contribution in [2.24, 2.45) is 0 Å². The highest BCUT2D eigenvalue weighted by atomic mass is 35.5. The van der Waals surface area contributed by atoms with Crippen LogP contribution in [-0.4, -0.2) is 15.8 Å². The Bertz CT molecular complexity index is 1070. The molecule has 126 valence electrons. The van der Waals surface area contributed by atoms with E-state index in [1.807, 2.05) is 36.4 Å². The number of ketones is 1. The summed E-state index contributed by atoms with van der Waals surface area (Å²) in [6.07, 6.45) is 4.90. The van der Waals surface area contributed by atoms with Gasteiger partial charge in [-0.1, -0.05) is 35.9 Å². The Morgan fingerprint density at radius 3 is 2.54 bits per heavy atom. The van der Waals surface area contributed by atoms with Crippen LogP contribution < -0.4 is 0 Å². The second-order valence-electron chi connectivity index (χ2n) is 5.67. The molecular formula is C21H13ClN2O2. The molecule has 0 bridgehead atoms. The minimum atomic E-state index is -0.209. The predicted molar refractivity (Wildman–Crippen MR) is 102 cm³/mol. The predicted octanol–water partition coefficient (Wildman–Crippen LogP) is 5.30. The first-order valence-electron chi connectivity index (χ1n) is 7.99. The van der Waals surface area contributed by atoms with Gasteiger partial charge in [0, 0.05) is 23.0 Å². The van der Waals surface area contributed by atoms with Crippen molar-refractivity contribution in [3.8, 4) is 0 Å². The number of oxazole rings is 1. The first-order chi connectivity index (χ1) is 12.7. The summed E-state index contributed by atoms with van der Waals surface area (Å²) in [5.41, 5.74) is 2.97. The van der Waals surface area contributed by atoms with E-state index in [1.54, 1.807) is 36.5 Å². The molecule has 0 radical (unpaired) electrons. The normalized spacial score (nSPS) is 11.7. The third kappa shape index (κ3) is 3.27. The molecule has 0 aliphatic rings. The zero-order chi connectivity index (χ0) is 17.9. The number of carbonyl (C=O) groups excluding carboxylic acids is 1. The molecule has 0 saturated carbocycles. The fourth-order valence-corrected chi connectivity index (χ4v) is 2.72. The number of Topliss-reactive ketones (excluding diaryl/α,β-unsaturated/α-hetero) is 1. The second-order valence-corrected chi connectivity index (χ2v) is 6.10. The van der Waals surface area contributed by atoms with Gasteiger partial charge < -0.3 is 4.42 Å². The first-order valence-corrected chi connectivity index (χ1v) is 8.36. The van der Waals surface area contributed by atoms with E-state index >= 15 is 0 Å². The molecule has 0 saturated heterocycles. The van der Waals surface area contributed by atoms with E-state index < -0.39 is 0 Å². The second kappa shape index (κ2) is 6.94. The zero-order valence-electron chi connectivity index (χ0n) is 13.6. The molecule has 0 N–H and O–H groups in total. The average molecular weight is 361 g/mol. The number of allylic oxidation sites excluding steroid dienone is 1. The molecule has 4 nitrogen and oxygen atoms in total. The van der Waals surface area contributed by atoms with Crippen LogP contribution >= 0.6 is 11.6 Å². The van der Waals surface area contributed by atoms with Gasteiger partial charge in [-0.2, -0.15) is 0 Å². The molecule has 0 unspecified atom stereocenters. The summed E-state index contributed by atoms with van der Waals surface area (Å²) < 4.78 is 5.82. The summed E-state index contributed by atoms with van der Waals surface area (Å²) in [5.74, 6) is 0.0645. The Hall–Kier alpha value is -3.24. The van der Waals surface area contributed by atoms with E-state index in [2.05, 4.69) is 9.97 Å². The number of fused-ring (bicyclic) bond motifs is 1. The number of aromatic nitrogens is 2. The average Bonchev–Trinajstić information content (AvgIpc) is 3.11. The summed E-state index contributed by atoms with van der Waals surface area (Å²) in [6.45, 7) is 0. The highest BCUT2D eigenvalue weighted by Crippen LogP contribution is 2.26. The molecular weight excluding hydrogens is 348 g/mol. The van der Waals surface area contributed by atoms with Crippen molar-refractivity contribution in [1.82, 2.24) is 9.97 Å². The van der Waals surface area contributed by atoms with E-state index in [-0.39, 0.29) is 11.7 Å². The Morgan fingerprint density at radius 1 is 1.00 bits per heavy atom. The van der Waals surface area contributed by atoms with Crippen molar-refractivity contribution in [3.05, 3.63) is 95.1 Å². The van der Waals surface area contributed by atoms with Gasteiger partial charge in [0.2, 0.25) is 5.89 Å². The monoisotopic (exact) mass is 360 g/mol. The van der Waals surface area contributed by atoms with Gasteiger partial charge in [0.25, 0.3) is 0 Å². The van der Waals surface area contributed by atoms with Crippen LogP contribution in [0.4, 0.5) is 0 Å². The van der Waals surface area contributed by atoms with Crippen molar-refractivity contribution in [2.45, 2.75) is 0 Å². The van der Waals surface area contributed by atoms with Crippen LogP contribution in [0.3, 0.4) is 0 Å². The molecule has 0 fully saturated rings. The number of nitrogens with zero attached hydrogens (tertiary/aromatic N) is 2. The lowest BCUT2D eigenvalue weighted by Gasteiger charge is -2.04. The van der Waals surface area contributed by atoms with Crippen LogP contribution in [-0.2, 0) is 0 Å². The van der Waals surface area contributed by atoms with Gasteiger partial charge in [-0.15, -0.1) is 0 Å². The van der Waals surface area contributed by atoms with Crippen LogP contribution in [0.2, 0.25) is 5.02 Å². The largest absolute Gasteiger partial charge is 0.436 e. The number of carbonyl (C=O) groups is 1. The number of benzene rings is 2. The number of halogens is 1. The van der Waals surface area contributed by atoms with Gasteiger partial charge in [0.1, 0.15) is 5.52 Å². The molecule has 4 rings (SSSR count). The van der Waals surface area contributed by atoms with Crippen LogP contribution in [0.1, 0.15) is 21.8 Å². The summed E-state index contributed by atoms with van der Waals surface area (Å²) >= 11 is 5.95. The van der Waals surface area contributed by atoms with Crippen LogP contribution in [0.25, 0.3) is 22.7 Å². The van der Waals surface area contributed by atoms with Crippen molar-refractivity contribution >= 4 is 40.1 Å². The summed E-state index contributed by atoms with van der Waals surface area (Å²) in [5, 5.41) is 0.629. The fourth-order valence-electron chi connectivity index (χ4n) is 2.59.